The normalized spacial score (nSPS) is 12.0. The maximum Gasteiger partial charge on any atom is 0.573 e. The van der Waals surface area contributed by atoms with Gasteiger partial charge in [-0.25, -0.2) is 4.79 Å². The summed E-state index contributed by atoms with van der Waals surface area (Å²) in [6.07, 6.45) is -4.75. The van der Waals surface area contributed by atoms with Gasteiger partial charge >= 0.3 is 12.0 Å². The quantitative estimate of drug-likeness (QED) is 0.578. The fourth-order valence-electron chi connectivity index (χ4n) is 3.11. The molecule has 0 radical (unpaired) electrons. The number of para-hydroxylation sites is 1. The standard InChI is InChI=1S/C21H20F3NO3/c1-13-8-17-16(10-20(26)27-19(17)9-14(13)2)12-25(3)11-15-6-4-5-7-18(15)28-21(22,23)24/h4-10H,11-12H2,1-3H3. The van der Waals surface area contributed by atoms with Gasteiger partial charge < -0.3 is 9.15 Å². The summed E-state index contributed by atoms with van der Waals surface area (Å²) >= 11 is 0. The number of ether oxygens (including phenoxy) is 1. The Bertz CT molecular complexity index is 1060. The maximum absolute atomic E-state index is 12.6. The van der Waals surface area contributed by atoms with Crippen LogP contribution in [0, 0.1) is 13.8 Å². The summed E-state index contributed by atoms with van der Waals surface area (Å²) in [5.74, 6) is -0.231. The summed E-state index contributed by atoms with van der Waals surface area (Å²) in [6, 6.07) is 11.2. The van der Waals surface area contributed by atoms with Crippen molar-refractivity contribution in [2.75, 3.05) is 7.05 Å². The highest BCUT2D eigenvalue weighted by molar-refractivity contribution is 5.81. The van der Waals surface area contributed by atoms with Crippen molar-refractivity contribution in [2.45, 2.75) is 33.3 Å². The maximum atomic E-state index is 12.6. The van der Waals surface area contributed by atoms with Crippen LogP contribution in [-0.2, 0) is 13.1 Å². The fourth-order valence-corrected chi connectivity index (χ4v) is 3.11. The molecule has 0 aliphatic heterocycles. The van der Waals surface area contributed by atoms with Crippen molar-refractivity contribution in [1.29, 1.82) is 0 Å². The molecule has 28 heavy (non-hydrogen) atoms. The van der Waals surface area contributed by atoms with Gasteiger partial charge in [-0.05, 0) is 55.8 Å². The van der Waals surface area contributed by atoms with Gasteiger partial charge in [-0.2, -0.15) is 0 Å². The molecule has 2 aromatic carbocycles. The summed E-state index contributed by atoms with van der Waals surface area (Å²) in [5, 5.41) is 0.814. The molecule has 0 spiro atoms. The Labute approximate surface area is 160 Å². The molecular formula is C21H20F3NO3. The van der Waals surface area contributed by atoms with Crippen LogP contribution in [0.2, 0.25) is 0 Å². The zero-order valence-electron chi connectivity index (χ0n) is 15.8. The minimum atomic E-state index is -4.75. The van der Waals surface area contributed by atoms with E-state index < -0.39 is 12.0 Å². The van der Waals surface area contributed by atoms with E-state index >= 15 is 0 Å². The van der Waals surface area contributed by atoms with E-state index in [-0.39, 0.29) is 12.3 Å². The van der Waals surface area contributed by atoms with Crippen LogP contribution in [0.5, 0.6) is 5.75 Å². The predicted molar refractivity (Wildman–Crippen MR) is 100 cm³/mol. The molecule has 0 fully saturated rings. The minimum absolute atomic E-state index is 0.221. The molecule has 0 amide bonds. The summed E-state index contributed by atoms with van der Waals surface area (Å²) in [6.45, 7) is 4.49. The van der Waals surface area contributed by atoms with Crippen molar-refractivity contribution in [1.82, 2.24) is 4.90 Å². The van der Waals surface area contributed by atoms with Crippen LogP contribution in [0.15, 0.2) is 51.7 Å². The molecule has 0 aliphatic rings. The first-order valence-corrected chi connectivity index (χ1v) is 8.68. The van der Waals surface area contributed by atoms with E-state index in [1.54, 1.807) is 19.2 Å². The molecule has 0 saturated carbocycles. The number of rotatable bonds is 5. The number of nitrogens with zero attached hydrogens (tertiary/aromatic N) is 1. The molecule has 0 saturated heterocycles. The number of alkyl halides is 3. The lowest BCUT2D eigenvalue weighted by Crippen LogP contribution is -2.21. The van der Waals surface area contributed by atoms with E-state index in [0.717, 1.165) is 22.1 Å². The van der Waals surface area contributed by atoms with Gasteiger partial charge in [0.25, 0.3) is 0 Å². The van der Waals surface area contributed by atoms with Gasteiger partial charge in [0.2, 0.25) is 0 Å². The van der Waals surface area contributed by atoms with Crippen molar-refractivity contribution in [3.63, 3.8) is 0 Å². The predicted octanol–water partition coefficient (Wildman–Crippen LogP) is 4.94. The van der Waals surface area contributed by atoms with E-state index in [0.29, 0.717) is 17.7 Å². The van der Waals surface area contributed by atoms with Gasteiger partial charge in [0.15, 0.2) is 0 Å². The SMILES string of the molecule is Cc1cc2oc(=O)cc(CN(C)Cc3ccccc3OC(F)(F)F)c2cc1C. The number of halogens is 3. The summed E-state index contributed by atoms with van der Waals surface area (Å²) in [4.78, 5) is 13.7. The smallest absolute Gasteiger partial charge is 0.423 e. The Morgan fingerprint density at radius 3 is 2.36 bits per heavy atom. The van der Waals surface area contributed by atoms with E-state index in [4.69, 9.17) is 4.42 Å². The van der Waals surface area contributed by atoms with Crippen LogP contribution in [0.4, 0.5) is 13.2 Å². The molecule has 0 N–H and O–H groups in total. The summed E-state index contributed by atoms with van der Waals surface area (Å²) in [5.41, 5.74) is 3.28. The highest BCUT2D eigenvalue weighted by atomic mass is 19.4. The van der Waals surface area contributed by atoms with Gasteiger partial charge in [0.1, 0.15) is 11.3 Å². The lowest BCUT2D eigenvalue weighted by Gasteiger charge is -2.20. The Morgan fingerprint density at radius 1 is 1.00 bits per heavy atom. The van der Waals surface area contributed by atoms with Crippen molar-refractivity contribution < 1.29 is 22.3 Å². The molecule has 0 atom stereocenters. The lowest BCUT2D eigenvalue weighted by molar-refractivity contribution is -0.275. The van der Waals surface area contributed by atoms with Crippen molar-refractivity contribution >= 4 is 11.0 Å². The number of fused-ring (bicyclic) bond motifs is 1. The second-order valence-electron chi connectivity index (χ2n) is 6.85. The van der Waals surface area contributed by atoms with E-state index in [1.807, 2.05) is 30.9 Å². The number of aryl methyl sites for hydroxylation is 2. The van der Waals surface area contributed by atoms with Crippen LogP contribution >= 0.6 is 0 Å². The average Bonchev–Trinajstić information content (AvgIpc) is 2.57. The number of hydrogen-bond acceptors (Lipinski definition) is 4. The van der Waals surface area contributed by atoms with Gasteiger partial charge in [0, 0.05) is 30.1 Å². The first kappa shape index (κ1) is 19.9. The molecule has 0 unspecified atom stereocenters. The first-order valence-electron chi connectivity index (χ1n) is 8.68. The van der Waals surface area contributed by atoms with Crippen molar-refractivity contribution in [3.05, 3.63) is 75.1 Å². The fraction of sp³-hybridized carbons (Fsp3) is 0.286. The van der Waals surface area contributed by atoms with Crippen LogP contribution in [-0.4, -0.2) is 18.3 Å². The Hall–Kier alpha value is -2.80. The average molecular weight is 391 g/mol. The third kappa shape index (κ3) is 4.72. The monoisotopic (exact) mass is 391 g/mol. The van der Waals surface area contributed by atoms with Gasteiger partial charge in [0.05, 0.1) is 0 Å². The van der Waals surface area contributed by atoms with Crippen LogP contribution in [0.1, 0.15) is 22.3 Å². The molecule has 3 aromatic rings. The summed E-state index contributed by atoms with van der Waals surface area (Å²) < 4.78 is 47.2. The first-order chi connectivity index (χ1) is 13.1. The van der Waals surface area contributed by atoms with Crippen LogP contribution in [0.25, 0.3) is 11.0 Å². The lowest BCUT2D eigenvalue weighted by atomic mass is 10.0. The van der Waals surface area contributed by atoms with Gasteiger partial charge in [-0.3, -0.25) is 4.90 Å². The molecule has 0 bridgehead atoms. The molecular weight excluding hydrogens is 371 g/mol. The summed E-state index contributed by atoms with van der Waals surface area (Å²) in [7, 11) is 1.77. The highest BCUT2D eigenvalue weighted by Gasteiger charge is 2.32. The minimum Gasteiger partial charge on any atom is -0.423 e. The number of hydrogen-bond donors (Lipinski definition) is 0. The zero-order valence-corrected chi connectivity index (χ0v) is 15.8. The van der Waals surface area contributed by atoms with E-state index in [9.17, 15) is 18.0 Å². The zero-order chi connectivity index (χ0) is 20.5. The molecule has 0 aliphatic carbocycles. The Morgan fingerprint density at radius 2 is 1.64 bits per heavy atom. The number of benzene rings is 2. The molecule has 1 aromatic heterocycles. The molecule has 1 heterocycles. The second-order valence-corrected chi connectivity index (χ2v) is 6.85. The molecule has 148 valence electrons. The van der Waals surface area contributed by atoms with E-state index in [2.05, 4.69) is 4.74 Å². The Balaban J connectivity index is 1.88. The van der Waals surface area contributed by atoms with Crippen LogP contribution in [0.3, 0.4) is 0 Å². The Kier molecular flexibility index (Phi) is 5.47. The molecule has 7 heteroatoms. The molecule has 3 rings (SSSR count). The third-order valence-electron chi connectivity index (χ3n) is 4.52. The van der Waals surface area contributed by atoms with Gasteiger partial charge in [-0.15, -0.1) is 13.2 Å². The van der Waals surface area contributed by atoms with Crippen molar-refractivity contribution in [2.24, 2.45) is 0 Å². The topological polar surface area (TPSA) is 42.7 Å². The highest BCUT2D eigenvalue weighted by Crippen LogP contribution is 2.28. The van der Waals surface area contributed by atoms with Crippen molar-refractivity contribution in [3.8, 4) is 5.75 Å². The largest absolute Gasteiger partial charge is 0.573 e. The molecule has 4 nitrogen and oxygen atoms in total. The van der Waals surface area contributed by atoms with Gasteiger partial charge in [-0.1, -0.05) is 18.2 Å². The van der Waals surface area contributed by atoms with Crippen LogP contribution < -0.4 is 10.4 Å². The van der Waals surface area contributed by atoms with E-state index in [1.165, 1.54) is 18.2 Å². The third-order valence-corrected chi connectivity index (χ3v) is 4.52. The second kappa shape index (κ2) is 7.67.